The third-order valence-corrected chi connectivity index (χ3v) is 4.40. The number of para-hydroxylation sites is 1. The van der Waals surface area contributed by atoms with Gasteiger partial charge in [0.1, 0.15) is 17.7 Å². The molecule has 1 N–H and O–H groups in total. The van der Waals surface area contributed by atoms with Crippen molar-refractivity contribution < 1.29 is 9.13 Å². The normalized spacial score (nSPS) is 18.1. The van der Waals surface area contributed by atoms with Gasteiger partial charge in [-0.25, -0.2) is 4.39 Å². The summed E-state index contributed by atoms with van der Waals surface area (Å²) < 4.78 is 20.9. The molecule has 0 saturated heterocycles. The van der Waals surface area contributed by atoms with Crippen LogP contribution in [-0.2, 0) is 6.42 Å². The SMILES string of the molecule is CCNC(c1cccc(Br)c1F)C1Cc2ccccc2O1. The van der Waals surface area contributed by atoms with Gasteiger partial charge in [-0.1, -0.05) is 37.3 Å². The van der Waals surface area contributed by atoms with Gasteiger partial charge in [-0.05, 0) is 40.2 Å². The van der Waals surface area contributed by atoms with Gasteiger partial charge >= 0.3 is 0 Å². The maximum Gasteiger partial charge on any atom is 0.142 e. The Labute approximate surface area is 132 Å². The number of nitrogens with one attached hydrogen (secondary N) is 1. The standard InChI is InChI=1S/C17H17BrFNO/c1-2-20-17(12-7-5-8-13(18)16(12)19)15-10-11-6-3-4-9-14(11)21-15/h3-9,15,17,20H,2,10H2,1H3. The molecule has 1 heterocycles. The van der Waals surface area contributed by atoms with Crippen LogP contribution < -0.4 is 10.1 Å². The molecule has 4 heteroatoms. The minimum atomic E-state index is -0.219. The first-order valence-corrected chi connectivity index (χ1v) is 7.92. The molecule has 2 aromatic carbocycles. The van der Waals surface area contributed by atoms with Gasteiger partial charge in [0.15, 0.2) is 0 Å². The molecule has 0 fully saturated rings. The fraction of sp³-hybridized carbons (Fsp3) is 0.294. The molecule has 0 saturated carbocycles. The molecule has 1 aliphatic rings. The summed E-state index contributed by atoms with van der Waals surface area (Å²) in [5, 5.41) is 3.36. The Hall–Kier alpha value is -1.39. The van der Waals surface area contributed by atoms with Crippen LogP contribution in [0.1, 0.15) is 24.1 Å². The monoisotopic (exact) mass is 349 g/mol. The number of likely N-dealkylation sites (N-methyl/N-ethyl adjacent to an activating group) is 1. The summed E-state index contributed by atoms with van der Waals surface area (Å²) in [5.41, 5.74) is 1.82. The van der Waals surface area contributed by atoms with E-state index in [0.717, 1.165) is 18.7 Å². The van der Waals surface area contributed by atoms with Gasteiger partial charge in [0.25, 0.3) is 0 Å². The Morgan fingerprint density at radius 3 is 2.86 bits per heavy atom. The van der Waals surface area contributed by atoms with E-state index in [9.17, 15) is 4.39 Å². The van der Waals surface area contributed by atoms with Crippen LogP contribution >= 0.6 is 15.9 Å². The summed E-state index contributed by atoms with van der Waals surface area (Å²) in [6.45, 7) is 2.78. The minimum Gasteiger partial charge on any atom is -0.488 e. The Bertz CT molecular complexity index is 621. The molecule has 0 amide bonds. The maximum atomic E-state index is 14.4. The average molecular weight is 350 g/mol. The number of rotatable bonds is 4. The van der Waals surface area contributed by atoms with Crippen LogP contribution in [-0.4, -0.2) is 12.6 Å². The second-order valence-corrected chi connectivity index (χ2v) is 6.00. The third kappa shape index (κ3) is 2.83. The lowest BCUT2D eigenvalue weighted by molar-refractivity contribution is 0.177. The number of fused-ring (bicyclic) bond motifs is 1. The average Bonchev–Trinajstić information content (AvgIpc) is 2.91. The smallest absolute Gasteiger partial charge is 0.142 e. The molecule has 3 rings (SSSR count). The number of hydrogen-bond acceptors (Lipinski definition) is 2. The van der Waals surface area contributed by atoms with E-state index in [4.69, 9.17) is 4.74 Å². The third-order valence-electron chi connectivity index (χ3n) is 3.78. The van der Waals surface area contributed by atoms with Crippen LogP contribution in [0.15, 0.2) is 46.9 Å². The van der Waals surface area contributed by atoms with Gasteiger partial charge in [-0.3, -0.25) is 0 Å². The van der Waals surface area contributed by atoms with Crippen molar-refractivity contribution in [1.82, 2.24) is 5.32 Å². The van der Waals surface area contributed by atoms with Crippen LogP contribution in [0.3, 0.4) is 0 Å². The molecular weight excluding hydrogens is 333 g/mol. The van der Waals surface area contributed by atoms with Crippen molar-refractivity contribution in [3.63, 3.8) is 0 Å². The Morgan fingerprint density at radius 1 is 1.29 bits per heavy atom. The second kappa shape index (κ2) is 6.16. The molecule has 0 spiro atoms. The summed E-state index contributed by atoms with van der Waals surface area (Å²) in [4.78, 5) is 0. The fourth-order valence-corrected chi connectivity index (χ4v) is 3.20. The highest BCUT2D eigenvalue weighted by Crippen LogP contribution is 2.35. The molecule has 1 aliphatic heterocycles. The second-order valence-electron chi connectivity index (χ2n) is 5.15. The molecule has 110 valence electrons. The van der Waals surface area contributed by atoms with E-state index in [1.807, 2.05) is 37.3 Å². The van der Waals surface area contributed by atoms with Crippen molar-refractivity contribution in [2.45, 2.75) is 25.5 Å². The molecule has 0 aromatic heterocycles. The van der Waals surface area contributed by atoms with Gasteiger partial charge in [0, 0.05) is 12.0 Å². The van der Waals surface area contributed by atoms with Crippen molar-refractivity contribution in [2.24, 2.45) is 0 Å². The van der Waals surface area contributed by atoms with Crippen LogP contribution in [0.4, 0.5) is 4.39 Å². The first kappa shape index (κ1) is 14.5. The first-order chi connectivity index (χ1) is 10.2. The van der Waals surface area contributed by atoms with Crippen LogP contribution in [0, 0.1) is 5.82 Å². The van der Waals surface area contributed by atoms with Crippen molar-refractivity contribution in [2.75, 3.05) is 6.54 Å². The van der Waals surface area contributed by atoms with E-state index in [2.05, 4.69) is 27.3 Å². The van der Waals surface area contributed by atoms with E-state index in [0.29, 0.717) is 10.0 Å². The molecule has 2 aromatic rings. The Morgan fingerprint density at radius 2 is 2.10 bits per heavy atom. The topological polar surface area (TPSA) is 21.3 Å². The summed E-state index contributed by atoms with van der Waals surface area (Å²) in [6.07, 6.45) is 0.700. The van der Waals surface area contributed by atoms with E-state index in [-0.39, 0.29) is 18.0 Å². The predicted molar refractivity (Wildman–Crippen MR) is 85.1 cm³/mol. The summed E-state index contributed by atoms with van der Waals surface area (Å²) in [6, 6.07) is 13.2. The van der Waals surface area contributed by atoms with Gasteiger partial charge in [0.2, 0.25) is 0 Å². The lowest BCUT2D eigenvalue weighted by atomic mass is 9.97. The first-order valence-electron chi connectivity index (χ1n) is 7.12. The number of hydrogen-bond donors (Lipinski definition) is 1. The molecule has 21 heavy (non-hydrogen) atoms. The van der Waals surface area contributed by atoms with Crippen molar-refractivity contribution >= 4 is 15.9 Å². The van der Waals surface area contributed by atoms with Crippen LogP contribution in [0.2, 0.25) is 0 Å². The molecule has 0 radical (unpaired) electrons. The lowest BCUT2D eigenvalue weighted by Gasteiger charge is -2.25. The number of ether oxygens (including phenoxy) is 1. The van der Waals surface area contributed by atoms with E-state index in [1.165, 1.54) is 5.56 Å². The summed E-state index contributed by atoms with van der Waals surface area (Å²) in [5.74, 6) is 0.684. The molecular formula is C17H17BrFNO. The van der Waals surface area contributed by atoms with Crippen molar-refractivity contribution in [1.29, 1.82) is 0 Å². The summed E-state index contributed by atoms with van der Waals surface area (Å²) in [7, 11) is 0. The molecule has 0 bridgehead atoms. The van der Waals surface area contributed by atoms with E-state index < -0.39 is 0 Å². The number of halogens is 2. The quantitative estimate of drug-likeness (QED) is 0.891. The highest BCUT2D eigenvalue weighted by Gasteiger charge is 2.32. The highest BCUT2D eigenvalue weighted by molar-refractivity contribution is 9.10. The van der Waals surface area contributed by atoms with E-state index >= 15 is 0 Å². The van der Waals surface area contributed by atoms with Gasteiger partial charge in [-0.2, -0.15) is 0 Å². The van der Waals surface area contributed by atoms with Crippen molar-refractivity contribution in [3.8, 4) is 5.75 Å². The predicted octanol–water partition coefficient (Wildman–Crippen LogP) is 4.24. The zero-order valence-corrected chi connectivity index (χ0v) is 13.4. The van der Waals surface area contributed by atoms with Gasteiger partial charge in [-0.15, -0.1) is 0 Å². The molecule has 2 nitrogen and oxygen atoms in total. The Balaban J connectivity index is 1.91. The van der Waals surface area contributed by atoms with Crippen LogP contribution in [0.25, 0.3) is 0 Å². The van der Waals surface area contributed by atoms with Gasteiger partial charge in [0.05, 0.1) is 10.5 Å². The Kier molecular flexibility index (Phi) is 4.27. The zero-order valence-electron chi connectivity index (χ0n) is 11.8. The molecule has 0 aliphatic carbocycles. The van der Waals surface area contributed by atoms with Crippen molar-refractivity contribution in [3.05, 3.63) is 63.9 Å². The van der Waals surface area contributed by atoms with Gasteiger partial charge < -0.3 is 10.1 Å². The van der Waals surface area contributed by atoms with E-state index in [1.54, 1.807) is 6.07 Å². The maximum absolute atomic E-state index is 14.4. The molecule has 2 atom stereocenters. The molecule has 2 unspecified atom stereocenters. The minimum absolute atomic E-state index is 0.0915. The van der Waals surface area contributed by atoms with Crippen LogP contribution in [0.5, 0.6) is 5.75 Å². The summed E-state index contributed by atoms with van der Waals surface area (Å²) >= 11 is 3.26. The lowest BCUT2D eigenvalue weighted by Crippen LogP contribution is -2.35. The number of benzene rings is 2. The fourth-order valence-electron chi connectivity index (χ4n) is 2.82. The largest absolute Gasteiger partial charge is 0.488 e. The zero-order chi connectivity index (χ0) is 14.8. The highest BCUT2D eigenvalue weighted by atomic mass is 79.9.